The van der Waals surface area contributed by atoms with Gasteiger partial charge in [-0.1, -0.05) is 18.2 Å². The highest BCUT2D eigenvalue weighted by molar-refractivity contribution is 5.67. The van der Waals surface area contributed by atoms with E-state index in [1.165, 1.54) is 0 Å². The van der Waals surface area contributed by atoms with Crippen LogP contribution >= 0.6 is 0 Å². The van der Waals surface area contributed by atoms with Crippen LogP contribution in [0.2, 0.25) is 0 Å². The third-order valence-electron chi connectivity index (χ3n) is 4.56. The predicted molar refractivity (Wildman–Crippen MR) is 97.2 cm³/mol. The molecule has 0 fully saturated rings. The maximum absolute atomic E-state index is 10.7. The number of aliphatic hydroxyl groups is 1. The molecule has 1 aliphatic heterocycles. The number of aromatic nitrogens is 1. The summed E-state index contributed by atoms with van der Waals surface area (Å²) in [6, 6.07) is 9.58. The molecule has 0 spiro atoms. The molecule has 0 aliphatic carbocycles. The van der Waals surface area contributed by atoms with Crippen LogP contribution in [0.15, 0.2) is 42.7 Å². The van der Waals surface area contributed by atoms with E-state index in [2.05, 4.69) is 10.3 Å². The zero-order chi connectivity index (χ0) is 18.4. The smallest absolute Gasteiger partial charge is 0.303 e. The summed E-state index contributed by atoms with van der Waals surface area (Å²) in [6.45, 7) is 1.12. The topological polar surface area (TPSA) is 91.7 Å². The van der Waals surface area contributed by atoms with Crippen molar-refractivity contribution < 1.29 is 19.7 Å². The first-order chi connectivity index (χ1) is 12.6. The largest absolute Gasteiger partial charge is 0.489 e. The van der Waals surface area contributed by atoms with Gasteiger partial charge in [0.2, 0.25) is 0 Å². The number of nitrogens with zero attached hydrogens (tertiary/aromatic N) is 1. The number of benzene rings is 1. The monoisotopic (exact) mass is 356 g/mol. The maximum atomic E-state index is 10.7. The molecule has 2 atom stereocenters. The van der Waals surface area contributed by atoms with Crippen LogP contribution in [-0.4, -0.2) is 40.4 Å². The molecule has 3 N–H and O–H groups in total. The first-order valence-electron chi connectivity index (χ1n) is 8.91. The van der Waals surface area contributed by atoms with E-state index in [0.29, 0.717) is 19.5 Å². The molecule has 0 saturated heterocycles. The SMILES string of the molecule is O=C(O)CCc1ccc2c(c1)CCC(CNCC(O)c1cccnc1)O2. The van der Waals surface area contributed by atoms with Crippen LogP contribution < -0.4 is 10.1 Å². The van der Waals surface area contributed by atoms with Gasteiger partial charge in [0, 0.05) is 37.5 Å². The quantitative estimate of drug-likeness (QED) is 0.671. The minimum Gasteiger partial charge on any atom is -0.489 e. The zero-order valence-electron chi connectivity index (χ0n) is 14.6. The van der Waals surface area contributed by atoms with Crippen LogP contribution in [0.3, 0.4) is 0 Å². The minimum absolute atomic E-state index is 0.0634. The molecular formula is C20H24N2O4. The maximum Gasteiger partial charge on any atom is 0.303 e. The van der Waals surface area contributed by atoms with Crippen molar-refractivity contribution >= 4 is 5.97 Å². The third-order valence-corrected chi connectivity index (χ3v) is 4.56. The van der Waals surface area contributed by atoms with Crippen LogP contribution in [0, 0.1) is 0 Å². The van der Waals surface area contributed by atoms with Gasteiger partial charge in [-0.25, -0.2) is 0 Å². The molecule has 138 valence electrons. The Balaban J connectivity index is 1.47. The van der Waals surface area contributed by atoms with Crippen molar-refractivity contribution in [3.05, 3.63) is 59.4 Å². The van der Waals surface area contributed by atoms with E-state index >= 15 is 0 Å². The standard InChI is InChI=1S/C20H24N2O4/c23-18(16-2-1-9-21-11-16)13-22-12-17-6-5-15-10-14(4-8-20(24)25)3-7-19(15)26-17/h1-3,7,9-11,17-18,22-23H,4-6,8,12-13H2,(H,24,25). The molecule has 1 aromatic heterocycles. The first kappa shape index (κ1) is 18.4. The minimum atomic E-state index is -0.779. The van der Waals surface area contributed by atoms with E-state index in [4.69, 9.17) is 9.84 Å². The molecule has 0 saturated carbocycles. The van der Waals surface area contributed by atoms with E-state index in [1.54, 1.807) is 12.4 Å². The lowest BCUT2D eigenvalue weighted by Crippen LogP contribution is -2.36. The Labute approximate surface area is 152 Å². The highest BCUT2D eigenvalue weighted by atomic mass is 16.5. The van der Waals surface area contributed by atoms with Gasteiger partial charge in [0.05, 0.1) is 6.10 Å². The molecule has 0 radical (unpaired) electrons. The lowest BCUT2D eigenvalue weighted by Gasteiger charge is -2.27. The van der Waals surface area contributed by atoms with Crippen molar-refractivity contribution in [2.75, 3.05) is 13.1 Å². The summed E-state index contributed by atoms with van der Waals surface area (Å²) in [6.07, 6.45) is 5.32. The van der Waals surface area contributed by atoms with Gasteiger partial charge in [-0.2, -0.15) is 0 Å². The van der Waals surface area contributed by atoms with Crippen molar-refractivity contribution in [2.45, 2.75) is 37.9 Å². The second-order valence-corrected chi connectivity index (χ2v) is 6.57. The highest BCUT2D eigenvalue weighted by Crippen LogP contribution is 2.28. The Morgan fingerprint density at radius 1 is 1.38 bits per heavy atom. The molecular weight excluding hydrogens is 332 g/mol. The third kappa shape index (κ3) is 5.03. The van der Waals surface area contributed by atoms with Crippen molar-refractivity contribution in [3.63, 3.8) is 0 Å². The van der Waals surface area contributed by atoms with Gasteiger partial charge in [-0.15, -0.1) is 0 Å². The molecule has 26 heavy (non-hydrogen) atoms. The molecule has 1 aromatic carbocycles. The van der Waals surface area contributed by atoms with Gasteiger partial charge in [-0.3, -0.25) is 9.78 Å². The summed E-state index contributed by atoms with van der Waals surface area (Å²) in [7, 11) is 0. The zero-order valence-corrected chi connectivity index (χ0v) is 14.6. The van der Waals surface area contributed by atoms with Crippen LogP contribution in [0.5, 0.6) is 5.75 Å². The Kier molecular flexibility index (Phi) is 6.20. The number of aryl methyl sites for hydroxylation is 2. The summed E-state index contributed by atoms with van der Waals surface area (Å²) < 4.78 is 6.03. The van der Waals surface area contributed by atoms with E-state index in [0.717, 1.165) is 35.3 Å². The van der Waals surface area contributed by atoms with Crippen LogP contribution in [0.1, 0.15) is 35.6 Å². The van der Waals surface area contributed by atoms with E-state index in [9.17, 15) is 9.90 Å². The van der Waals surface area contributed by atoms with Crippen molar-refractivity contribution in [1.29, 1.82) is 0 Å². The van der Waals surface area contributed by atoms with Gasteiger partial charge < -0.3 is 20.3 Å². The fraction of sp³-hybridized carbons (Fsp3) is 0.400. The highest BCUT2D eigenvalue weighted by Gasteiger charge is 2.20. The van der Waals surface area contributed by atoms with Gasteiger partial charge in [0.25, 0.3) is 0 Å². The Bertz CT molecular complexity index is 736. The van der Waals surface area contributed by atoms with Crippen LogP contribution in [0.25, 0.3) is 0 Å². The van der Waals surface area contributed by atoms with E-state index in [1.807, 2.05) is 30.3 Å². The van der Waals surface area contributed by atoms with Gasteiger partial charge in [0.1, 0.15) is 11.9 Å². The fourth-order valence-electron chi connectivity index (χ4n) is 3.12. The number of carboxylic acid groups (broad SMARTS) is 1. The predicted octanol–water partition coefficient (Wildman–Crippen LogP) is 2.12. The van der Waals surface area contributed by atoms with Gasteiger partial charge in [0.15, 0.2) is 0 Å². The molecule has 2 unspecified atom stereocenters. The number of fused-ring (bicyclic) bond motifs is 1. The van der Waals surface area contributed by atoms with E-state index < -0.39 is 12.1 Å². The average Bonchev–Trinajstić information content (AvgIpc) is 2.66. The molecule has 2 heterocycles. The second kappa shape index (κ2) is 8.78. The second-order valence-electron chi connectivity index (χ2n) is 6.57. The summed E-state index contributed by atoms with van der Waals surface area (Å²) in [5.74, 6) is 0.0912. The lowest BCUT2D eigenvalue weighted by molar-refractivity contribution is -0.136. The lowest BCUT2D eigenvalue weighted by atomic mass is 9.98. The van der Waals surface area contributed by atoms with E-state index in [-0.39, 0.29) is 12.5 Å². The molecule has 6 nitrogen and oxygen atoms in total. The number of aliphatic hydroxyl groups excluding tert-OH is 1. The number of hydrogen-bond acceptors (Lipinski definition) is 5. The summed E-state index contributed by atoms with van der Waals surface area (Å²) in [4.78, 5) is 14.7. The number of carboxylic acids is 1. The molecule has 0 bridgehead atoms. The molecule has 3 rings (SSSR count). The summed E-state index contributed by atoms with van der Waals surface area (Å²) in [5, 5.41) is 22.2. The van der Waals surface area contributed by atoms with Crippen molar-refractivity contribution in [1.82, 2.24) is 10.3 Å². The summed E-state index contributed by atoms with van der Waals surface area (Å²) in [5.41, 5.74) is 2.97. The number of hydrogen-bond donors (Lipinski definition) is 3. The molecule has 1 aliphatic rings. The van der Waals surface area contributed by atoms with Gasteiger partial charge in [-0.05, 0) is 42.5 Å². The summed E-state index contributed by atoms with van der Waals surface area (Å²) >= 11 is 0. The number of carbonyl (C=O) groups is 1. The fourth-order valence-corrected chi connectivity index (χ4v) is 3.12. The van der Waals surface area contributed by atoms with Crippen molar-refractivity contribution in [2.24, 2.45) is 0 Å². The number of pyridine rings is 1. The van der Waals surface area contributed by atoms with Crippen LogP contribution in [0.4, 0.5) is 0 Å². The van der Waals surface area contributed by atoms with Crippen LogP contribution in [-0.2, 0) is 17.6 Å². The van der Waals surface area contributed by atoms with Gasteiger partial charge >= 0.3 is 5.97 Å². The number of rotatable bonds is 8. The Morgan fingerprint density at radius 3 is 3.04 bits per heavy atom. The number of ether oxygens (including phenoxy) is 1. The first-order valence-corrected chi connectivity index (χ1v) is 8.91. The normalized spacial score (nSPS) is 17.2. The Hall–Kier alpha value is -2.44. The number of aliphatic carboxylic acids is 1. The number of nitrogens with one attached hydrogen (secondary N) is 1. The van der Waals surface area contributed by atoms with Crippen molar-refractivity contribution in [3.8, 4) is 5.75 Å². The molecule has 6 heteroatoms. The average molecular weight is 356 g/mol. The Morgan fingerprint density at radius 2 is 2.27 bits per heavy atom. The molecule has 0 amide bonds. The molecule has 2 aromatic rings.